The lowest BCUT2D eigenvalue weighted by Crippen LogP contribution is -2.52. The number of fused-ring (bicyclic) bond motifs is 1. The molecule has 2 amide bonds. The van der Waals surface area contributed by atoms with Gasteiger partial charge in [-0.2, -0.15) is 0 Å². The monoisotopic (exact) mass is 441 g/mol. The molecule has 170 valence electrons. The predicted molar refractivity (Wildman–Crippen MR) is 116 cm³/mol. The van der Waals surface area contributed by atoms with Crippen LogP contribution in [0.1, 0.15) is 0 Å². The van der Waals surface area contributed by atoms with Crippen molar-refractivity contribution in [1.29, 1.82) is 0 Å². The van der Waals surface area contributed by atoms with E-state index < -0.39 is 0 Å². The molecule has 32 heavy (non-hydrogen) atoms. The van der Waals surface area contributed by atoms with E-state index in [2.05, 4.69) is 20.6 Å². The molecule has 0 radical (unpaired) electrons. The van der Waals surface area contributed by atoms with Crippen molar-refractivity contribution in [2.24, 2.45) is 0 Å². The quantitative estimate of drug-likeness (QED) is 0.712. The summed E-state index contributed by atoms with van der Waals surface area (Å²) in [6.45, 7) is 3.18. The molecule has 1 aromatic heterocycles. The van der Waals surface area contributed by atoms with Crippen molar-refractivity contribution in [1.82, 2.24) is 20.2 Å². The maximum absolute atomic E-state index is 12.5. The van der Waals surface area contributed by atoms with Gasteiger partial charge in [-0.05, 0) is 18.2 Å². The molecule has 0 aliphatic carbocycles. The average Bonchev–Trinajstić information content (AvgIpc) is 3.43. The van der Waals surface area contributed by atoms with E-state index in [0.29, 0.717) is 45.5 Å². The molecule has 2 N–H and O–H groups in total. The van der Waals surface area contributed by atoms with Crippen molar-refractivity contribution >= 4 is 12.0 Å². The molecule has 3 aliphatic rings. The molecule has 3 saturated heterocycles. The zero-order valence-corrected chi connectivity index (χ0v) is 17.9. The Hall–Kier alpha value is -2.95. The molecule has 2 aromatic rings. The number of anilines is 1. The van der Waals surface area contributed by atoms with E-state index in [4.69, 9.17) is 18.9 Å². The van der Waals surface area contributed by atoms with Gasteiger partial charge in [-0.25, -0.2) is 14.8 Å². The molecule has 10 heteroatoms. The van der Waals surface area contributed by atoms with Gasteiger partial charge in [0, 0.05) is 24.8 Å². The van der Waals surface area contributed by atoms with E-state index in [1.54, 1.807) is 18.2 Å². The summed E-state index contributed by atoms with van der Waals surface area (Å²) in [5.74, 6) is 1.24. The number of methoxy groups -OCH3 is 1. The Morgan fingerprint density at radius 3 is 2.66 bits per heavy atom. The topological polar surface area (TPSA) is 107 Å². The third-order valence-electron chi connectivity index (χ3n) is 6.01. The molecule has 0 bridgehead atoms. The van der Waals surface area contributed by atoms with Crippen LogP contribution in [0.4, 0.5) is 10.7 Å². The van der Waals surface area contributed by atoms with Crippen LogP contribution in [0, 0.1) is 0 Å². The van der Waals surface area contributed by atoms with Gasteiger partial charge >= 0.3 is 6.03 Å². The lowest BCUT2D eigenvalue weighted by atomic mass is 10.1. The number of nitrogens with one attached hydrogen (secondary N) is 2. The number of morpholine rings is 1. The summed E-state index contributed by atoms with van der Waals surface area (Å²) in [7, 11) is 1.64. The zero-order chi connectivity index (χ0) is 21.9. The first-order valence-electron chi connectivity index (χ1n) is 10.8. The average molecular weight is 441 g/mol. The number of ether oxygens (including phenoxy) is 4. The Morgan fingerprint density at radius 2 is 1.84 bits per heavy atom. The Bertz CT molecular complexity index is 954. The Labute approximate surface area is 186 Å². The van der Waals surface area contributed by atoms with Crippen LogP contribution in [0.3, 0.4) is 0 Å². The minimum Gasteiger partial charge on any atom is -0.496 e. The van der Waals surface area contributed by atoms with E-state index in [1.807, 2.05) is 30.3 Å². The normalized spacial score (nSPS) is 27.1. The van der Waals surface area contributed by atoms with Gasteiger partial charge in [0.05, 0.1) is 51.3 Å². The summed E-state index contributed by atoms with van der Waals surface area (Å²) in [6, 6.07) is 9.17. The van der Waals surface area contributed by atoms with Crippen LogP contribution in [0.2, 0.25) is 0 Å². The van der Waals surface area contributed by atoms with Crippen molar-refractivity contribution in [2.45, 2.75) is 24.3 Å². The highest BCUT2D eigenvalue weighted by atomic mass is 16.6. The molecule has 3 fully saturated rings. The first kappa shape index (κ1) is 20.9. The van der Waals surface area contributed by atoms with E-state index in [9.17, 15) is 4.79 Å². The number of benzene rings is 1. The van der Waals surface area contributed by atoms with Gasteiger partial charge in [0.1, 0.15) is 18.0 Å². The molecule has 4 unspecified atom stereocenters. The smallest absolute Gasteiger partial charge is 0.317 e. The lowest BCUT2D eigenvalue weighted by Gasteiger charge is -2.29. The summed E-state index contributed by atoms with van der Waals surface area (Å²) in [6.07, 6.45) is 1.31. The van der Waals surface area contributed by atoms with Gasteiger partial charge in [0.25, 0.3) is 0 Å². The molecule has 4 heterocycles. The molecule has 4 atom stereocenters. The highest BCUT2D eigenvalue weighted by Gasteiger charge is 2.48. The van der Waals surface area contributed by atoms with Gasteiger partial charge in [-0.3, -0.25) is 0 Å². The SMILES string of the molecule is COc1ccccc1-c1ccnc(NC2COC3C(NC(=O)N4CCOCC4)COC23)n1. The number of para-hydroxylation sites is 1. The fraction of sp³-hybridized carbons (Fsp3) is 0.500. The number of nitrogens with zero attached hydrogens (tertiary/aromatic N) is 3. The van der Waals surface area contributed by atoms with Crippen LogP contribution in [-0.2, 0) is 14.2 Å². The molecule has 1 aromatic carbocycles. The fourth-order valence-corrected chi connectivity index (χ4v) is 4.36. The Kier molecular flexibility index (Phi) is 6.06. The summed E-state index contributed by atoms with van der Waals surface area (Å²) >= 11 is 0. The molecule has 0 spiro atoms. The number of hydrogen-bond donors (Lipinski definition) is 2. The number of rotatable bonds is 5. The molecular weight excluding hydrogens is 414 g/mol. The van der Waals surface area contributed by atoms with Crippen molar-refractivity contribution in [3.05, 3.63) is 36.5 Å². The van der Waals surface area contributed by atoms with Crippen LogP contribution < -0.4 is 15.4 Å². The van der Waals surface area contributed by atoms with Gasteiger partial charge in [-0.1, -0.05) is 12.1 Å². The number of aromatic nitrogens is 2. The number of hydrogen-bond acceptors (Lipinski definition) is 8. The second-order valence-corrected chi connectivity index (χ2v) is 7.97. The van der Waals surface area contributed by atoms with Gasteiger partial charge in [-0.15, -0.1) is 0 Å². The summed E-state index contributed by atoms with van der Waals surface area (Å²) in [5, 5.41) is 6.40. The van der Waals surface area contributed by atoms with Crippen molar-refractivity contribution in [2.75, 3.05) is 51.9 Å². The fourth-order valence-electron chi connectivity index (χ4n) is 4.36. The Morgan fingerprint density at radius 1 is 1.09 bits per heavy atom. The largest absolute Gasteiger partial charge is 0.496 e. The maximum atomic E-state index is 12.5. The third kappa shape index (κ3) is 4.21. The summed E-state index contributed by atoms with van der Waals surface area (Å²) < 4.78 is 22.7. The maximum Gasteiger partial charge on any atom is 0.317 e. The predicted octanol–water partition coefficient (Wildman–Crippen LogP) is 1.14. The number of carbonyl (C=O) groups excluding carboxylic acids is 1. The molecule has 3 aliphatic heterocycles. The first-order chi connectivity index (χ1) is 15.7. The van der Waals surface area contributed by atoms with Crippen LogP contribution in [-0.4, -0.2) is 91.8 Å². The number of carbonyl (C=O) groups is 1. The minimum atomic E-state index is -0.213. The number of urea groups is 1. The zero-order valence-electron chi connectivity index (χ0n) is 17.9. The van der Waals surface area contributed by atoms with Crippen LogP contribution in [0.5, 0.6) is 5.75 Å². The minimum absolute atomic E-state index is 0.101. The van der Waals surface area contributed by atoms with Crippen LogP contribution in [0.25, 0.3) is 11.3 Å². The highest BCUT2D eigenvalue weighted by Crippen LogP contribution is 2.31. The van der Waals surface area contributed by atoms with Gasteiger partial charge in [0.2, 0.25) is 5.95 Å². The summed E-state index contributed by atoms with van der Waals surface area (Å²) in [4.78, 5) is 23.3. The highest BCUT2D eigenvalue weighted by molar-refractivity contribution is 5.74. The lowest BCUT2D eigenvalue weighted by molar-refractivity contribution is 0.0485. The van der Waals surface area contributed by atoms with E-state index >= 15 is 0 Å². The Balaban J connectivity index is 1.23. The standard InChI is InChI=1S/C22H27N5O5/c1-29-18-5-3-2-4-14(18)15-6-7-23-21(24-15)25-16-12-31-20-17(13-32-19(16)20)26-22(28)27-8-10-30-11-9-27/h2-7,16-17,19-20H,8-13H2,1H3,(H,26,28)(H,23,24,25). The van der Waals surface area contributed by atoms with E-state index in [1.165, 1.54) is 0 Å². The molecule has 0 saturated carbocycles. The molecular formula is C22H27N5O5. The summed E-state index contributed by atoms with van der Waals surface area (Å²) in [5.41, 5.74) is 1.66. The van der Waals surface area contributed by atoms with Crippen molar-refractivity contribution in [3.8, 4) is 17.0 Å². The first-order valence-corrected chi connectivity index (χ1v) is 10.8. The van der Waals surface area contributed by atoms with Gasteiger partial charge < -0.3 is 34.5 Å². The second kappa shape index (κ2) is 9.27. The van der Waals surface area contributed by atoms with Gasteiger partial charge in [0.15, 0.2) is 0 Å². The number of amides is 2. The van der Waals surface area contributed by atoms with E-state index in [0.717, 1.165) is 17.0 Å². The molecule has 10 nitrogen and oxygen atoms in total. The molecule has 5 rings (SSSR count). The second-order valence-electron chi connectivity index (χ2n) is 7.97. The van der Waals surface area contributed by atoms with Crippen LogP contribution in [0.15, 0.2) is 36.5 Å². The van der Waals surface area contributed by atoms with Crippen LogP contribution >= 0.6 is 0 Å². The van der Waals surface area contributed by atoms with Crippen molar-refractivity contribution < 1.29 is 23.7 Å². The third-order valence-corrected chi connectivity index (χ3v) is 6.01. The van der Waals surface area contributed by atoms with E-state index in [-0.39, 0.29) is 30.3 Å². The van der Waals surface area contributed by atoms with Crippen molar-refractivity contribution in [3.63, 3.8) is 0 Å².